The largest absolute Gasteiger partial charge is 0.358 e. The Balaban J connectivity index is 1.39. The van der Waals surface area contributed by atoms with Crippen molar-refractivity contribution in [1.29, 1.82) is 0 Å². The van der Waals surface area contributed by atoms with Crippen LogP contribution in [0, 0.1) is 0 Å². The van der Waals surface area contributed by atoms with E-state index in [2.05, 4.69) is 51.0 Å². The maximum atomic E-state index is 12.6. The number of benzene rings is 1. The Bertz CT molecular complexity index is 788. The lowest BCUT2D eigenvalue weighted by Gasteiger charge is -2.32. The quantitative estimate of drug-likeness (QED) is 0.319. The summed E-state index contributed by atoms with van der Waals surface area (Å²) in [5, 5.41) is 9.52. The summed E-state index contributed by atoms with van der Waals surface area (Å²) in [4.78, 5) is 33.0. The second kappa shape index (κ2) is 12.4. The average Bonchev–Trinajstić information content (AvgIpc) is 2.82. The normalized spacial score (nSPS) is 17.6. The fourth-order valence-electron chi connectivity index (χ4n) is 4.32. The van der Waals surface area contributed by atoms with Gasteiger partial charge in [0.1, 0.15) is 0 Å². The molecule has 1 fully saturated rings. The molecule has 0 spiro atoms. The first-order valence-electron chi connectivity index (χ1n) is 11.9. The van der Waals surface area contributed by atoms with Gasteiger partial charge >= 0.3 is 0 Å². The third-order valence-electron chi connectivity index (χ3n) is 6.22. The third-order valence-corrected chi connectivity index (χ3v) is 6.22. The van der Waals surface area contributed by atoms with E-state index in [1.165, 1.54) is 11.1 Å². The Kier molecular flexibility index (Phi) is 9.34. The molecule has 3 rings (SSSR count). The van der Waals surface area contributed by atoms with Crippen molar-refractivity contribution in [2.75, 3.05) is 46.3 Å². The van der Waals surface area contributed by atoms with E-state index in [9.17, 15) is 9.59 Å². The summed E-state index contributed by atoms with van der Waals surface area (Å²) in [6, 6.07) is 8.74. The lowest BCUT2D eigenvalue weighted by molar-refractivity contribution is -0.132. The van der Waals surface area contributed by atoms with E-state index in [-0.39, 0.29) is 11.8 Å². The van der Waals surface area contributed by atoms with Crippen molar-refractivity contribution >= 4 is 17.8 Å². The van der Waals surface area contributed by atoms with Crippen LogP contribution in [0.2, 0.25) is 0 Å². The summed E-state index contributed by atoms with van der Waals surface area (Å²) in [7, 11) is 1.68. The van der Waals surface area contributed by atoms with E-state index in [4.69, 9.17) is 0 Å². The van der Waals surface area contributed by atoms with Crippen molar-refractivity contribution in [3.8, 4) is 0 Å². The molecule has 8 nitrogen and oxygen atoms in total. The van der Waals surface area contributed by atoms with Crippen molar-refractivity contribution in [2.45, 2.75) is 51.6 Å². The molecule has 2 amide bonds. The molecule has 1 aromatic rings. The Hall–Kier alpha value is -2.61. The number of carbonyl (C=O) groups is 2. The summed E-state index contributed by atoms with van der Waals surface area (Å²) >= 11 is 0. The number of hydrogen-bond donors (Lipinski definition) is 3. The number of guanidine groups is 1. The number of aliphatic imine (C=N–C) groups is 1. The van der Waals surface area contributed by atoms with Gasteiger partial charge in [-0.15, -0.1) is 0 Å². The molecule has 1 aromatic carbocycles. The zero-order valence-corrected chi connectivity index (χ0v) is 19.5. The highest BCUT2D eigenvalue weighted by Gasteiger charge is 2.22. The maximum absolute atomic E-state index is 12.6. The molecule has 0 bridgehead atoms. The van der Waals surface area contributed by atoms with Crippen molar-refractivity contribution in [2.24, 2.45) is 4.99 Å². The first-order chi connectivity index (χ1) is 15.6. The van der Waals surface area contributed by atoms with E-state index in [0.717, 1.165) is 64.4 Å². The fourth-order valence-corrected chi connectivity index (χ4v) is 4.32. The van der Waals surface area contributed by atoms with Gasteiger partial charge < -0.3 is 20.9 Å². The molecule has 2 heterocycles. The van der Waals surface area contributed by atoms with Crippen LogP contribution in [0.15, 0.2) is 29.3 Å². The number of likely N-dealkylation sites (N-methyl/N-ethyl adjacent to an activating group) is 1. The second-order valence-corrected chi connectivity index (χ2v) is 8.57. The number of nitrogens with one attached hydrogen (secondary N) is 3. The van der Waals surface area contributed by atoms with Crippen LogP contribution in [-0.2, 0) is 22.6 Å². The molecule has 2 aliphatic heterocycles. The van der Waals surface area contributed by atoms with Crippen LogP contribution < -0.4 is 16.0 Å². The molecule has 0 radical (unpaired) electrons. The number of rotatable bonds is 8. The first-order valence-corrected chi connectivity index (χ1v) is 11.9. The molecule has 8 heteroatoms. The van der Waals surface area contributed by atoms with Crippen LogP contribution in [0.1, 0.15) is 43.7 Å². The van der Waals surface area contributed by atoms with Crippen LogP contribution in [0.25, 0.3) is 0 Å². The van der Waals surface area contributed by atoms with Gasteiger partial charge in [0, 0.05) is 58.8 Å². The molecule has 176 valence electrons. The van der Waals surface area contributed by atoms with E-state index in [1.54, 1.807) is 7.05 Å². The van der Waals surface area contributed by atoms with Gasteiger partial charge in [0.05, 0.1) is 6.54 Å². The van der Waals surface area contributed by atoms with E-state index in [1.807, 2.05) is 11.0 Å². The Morgan fingerprint density at radius 2 is 1.88 bits per heavy atom. The van der Waals surface area contributed by atoms with Gasteiger partial charge in [-0.1, -0.05) is 24.3 Å². The van der Waals surface area contributed by atoms with E-state index in [0.29, 0.717) is 25.6 Å². The monoisotopic (exact) mass is 442 g/mol. The van der Waals surface area contributed by atoms with Crippen molar-refractivity contribution in [3.63, 3.8) is 0 Å². The van der Waals surface area contributed by atoms with Gasteiger partial charge in [-0.2, -0.15) is 0 Å². The van der Waals surface area contributed by atoms with Gasteiger partial charge in [-0.3, -0.25) is 19.5 Å². The third kappa shape index (κ3) is 7.22. The fraction of sp³-hybridized carbons (Fsp3) is 0.625. The van der Waals surface area contributed by atoms with Crippen LogP contribution in [0.5, 0.6) is 0 Å². The van der Waals surface area contributed by atoms with Crippen LogP contribution in [-0.4, -0.2) is 79.9 Å². The number of fused-ring (bicyclic) bond motifs is 1. The second-order valence-electron chi connectivity index (χ2n) is 8.57. The molecular formula is C24H38N6O2. The molecular weight excluding hydrogens is 404 g/mol. The summed E-state index contributed by atoms with van der Waals surface area (Å²) in [6.45, 7) is 7.28. The van der Waals surface area contributed by atoms with Crippen molar-refractivity contribution < 1.29 is 9.59 Å². The molecule has 32 heavy (non-hydrogen) atoms. The lowest BCUT2D eigenvalue weighted by Crippen LogP contribution is -2.50. The highest BCUT2D eigenvalue weighted by molar-refractivity contribution is 5.80. The molecule has 0 unspecified atom stereocenters. The highest BCUT2D eigenvalue weighted by atomic mass is 16.2. The smallest absolute Gasteiger partial charge is 0.233 e. The van der Waals surface area contributed by atoms with Gasteiger partial charge in [-0.05, 0) is 43.7 Å². The first kappa shape index (κ1) is 24.0. The number of carbonyl (C=O) groups excluding carboxylic acids is 2. The molecule has 0 aromatic heterocycles. The standard InChI is InChI=1S/C24H38N6O2/c1-3-26-24(28-21-11-14-29(15-12-21)18-22(31)25-2)27-13-6-9-23(32)30-16-10-19-7-4-5-8-20(19)17-30/h4-5,7-8,21H,3,6,9-18H2,1-2H3,(H,25,31)(H2,26,27,28). The topological polar surface area (TPSA) is 89.1 Å². The summed E-state index contributed by atoms with van der Waals surface area (Å²) < 4.78 is 0. The van der Waals surface area contributed by atoms with Crippen LogP contribution >= 0.6 is 0 Å². The van der Waals surface area contributed by atoms with Gasteiger partial charge in [-0.25, -0.2) is 0 Å². The van der Waals surface area contributed by atoms with Crippen molar-refractivity contribution in [3.05, 3.63) is 35.4 Å². The molecule has 2 aliphatic rings. The van der Waals surface area contributed by atoms with Gasteiger partial charge in [0.15, 0.2) is 5.96 Å². The van der Waals surface area contributed by atoms with Gasteiger partial charge in [0.25, 0.3) is 0 Å². The van der Waals surface area contributed by atoms with Gasteiger partial charge in [0.2, 0.25) is 11.8 Å². The minimum Gasteiger partial charge on any atom is -0.358 e. The molecule has 0 aliphatic carbocycles. The lowest BCUT2D eigenvalue weighted by atomic mass is 9.99. The zero-order chi connectivity index (χ0) is 22.8. The summed E-state index contributed by atoms with van der Waals surface area (Å²) in [5.74, 6) is 1.10. The molecule has 3 N–H and O–H groups in total. The zero-order valence-electron chi connectivity index (χ0n) is 19.5. The Labute approximate surface area is 191 Å². The molecule has 1 saturated heterocycles. The minimum atomic E-state index is 0.0645. The van der Waals surface area contributed by atoms with E-state index >= 15 is 0 Å². The predicted molar refractivity (Wildman–Crippen MR) is 127 cm³/mol. The maximum Gasteiger partial charge on any atom is 0.233 e. The number of hydrogen-bond acceptors (Lipinski definition) is 4. The van der Waals surface area contributed by atoms with Crippen molar-refractivity contribution in [1.82, 2.24) is 25.8 Å². The Morgan fingerprint density at radius 3 is 2.59 bits per heavy atom. The van der Waals surface area contributed by atoms with Crippen LogP contribution in [0.3, 0.4) is 0 Å². The number of likely N-dealkylation sites (tertiary alicyclic amines) is 1. The number of amides is 2. The Morgan fingerprint density at radius 1 is 1.12 bits per heavy atom. The summed E-state index contributed by atoms with van der Waals surface area (Å²) in [5.41, 5.74) is 2.63. The minimum absolute atomic E-state index is 0.0645. The average molecular weight is 443 g/mol. The predicted octanol–water partition coefficient (Wildman–Crippen LogP) is 1.12. The summed E-state index contributed by atoms with van der Waals surface area (Å²) in [6.07, 6.45) is 4.18. The molecule has 0 atom stereocenters. The van der Waals surface area contributed by atoms with Crippen LogP contribution in [0.4, 0.5) is 0 Å². The molecule has 0 saturated carbocycles. The SMILES string of the molecule is CCNC(=NCCCC(=O)N1CCc2ccccc2C1)NC1CCN(CC(=O)NC)CC1. The number of piperidine rings is 1. The van der Waals surface area contributed by atoms with E-state index < -0.39 is 0 Å². The number of nitrogens with zero attached hydrogens (tertiary/aromatic N) is 3. The highest BCUT2D eigenvalue weighted by Crippen LogP contribution is 2.19.